The van der Waals surface area contributed by atoms with Gasteiger partial charge in [-0.1, -0.05) is 6.07 Å². The molecule has 0 atom stereocenters. The molecule has 1 aromatic heterocycles. The van der Waals surface area contributed by atoms with Crippen molar-refractivity contribution in [2.45, 2.75) is 18.7 Å². The minimum atomic E-state index is -0.0525. The van der Waals surface area contributed by atoms with Crippen molar-refractivity contribution in [2.24, 2.45) is 0 Å². The Morgan fingerprint density at radius 2 is 2.25 bits per heavy atom. The molecule has 1 amide bonds. The van der Waals surface area contributed by atoms with Crippen molar-refractivity contribution in [3.63, 3.8) is 0 Å². The SMILES string of the molecule is COc1cccc(NC(=O)CSc2c(C)n[nH]c2C)c1. The third-order valence-corrected chi connectivity index (χ3v) is 4.06. The van der Waals surface area contributed by atoms with Gasteiger partial charge in [0.2, 0.25) is 5.91 Å². The fourth-order valence-corrected chi connectivity index (χ4v) is 2.65. The molecule has 0 aliphatic heterocycles. The molecule has 0 aliphatic carbocycles. The average Bonchev–Trinajstić information content (AvgIpc) is 2.76. The van der Waals surface area contributed by atoms with Gasteiger partial charge in [0.1, 0.15) is 5.75 Å². The van der Waals surface area contributed by atoms with Crippen LogP contribution in [0.15, 0.2) is 29.2 Å². The maximum atomic E-state index is 11.9. The fourth-order valence-electron chi connectivity index (χ4n) is 1.79. The molecule has 5 nitrogen and oxygen atoms in total. The molecule has 0 bridgehead atoms. The van der Waals surface area contributed by atoms with E-state index < -0.39 is 0 Å². The van der Waals surface area contributed by atoms with E-state index in [1.54, 1.807) is 13.2 Å². The summed E-state index contributed by atoms with van der Waals surface area (Å²) in [5.74, 6) is 1.01. The minimum Gasteiger partial charge on any atom is -0.497 e. The van der Waals surface area contributed by atoms with Crippen LogP contribution in [0.4, 0.5) is 5.69 Å². The van der Waals surface area contributed by atoms with E-state index in [4.69, 9.17) is 4.74 Å². The average molecular weight is 291 g/mol. The van der Waals surface area contributed by atoms with Crippen LogP contribution < -0.4 is 10.1 Å². The molecule has 6 heteroatoms. The lowest BCUT2D eigenvalue weighted by Crippen LogP contribution is -2.14. The highest BCUT2D eigenvalue weighted by molar-refractivity contribution is 8.00. The zero-order valence-corrected chi connectivity index (χ0v) is 12.5. The number of nitrogens with one attached hydrogen (secondary N) is 2. The first-order valence-corrected chi connectivity index (χ1v) is 7.17. The number of methoxy groups -OCH3 is 1. The van der Waals surface area contributed by atoms with Gasteiger partial charge in [0.05, 0.1) is 23.5 Å². The first-order chi connectivity index (χ1) is 9.60. The number of carbonyl (C=O) groups is 1. The summed E-state index contributed by atoms with van der Waals surface area (Å²) in [5, 5.41) is 9.86. The van der Waals surface area contributed by atoms with Gasteiger partial charge in [-0.05, 0) is 26.0 Å². The normalized spacial score (nSPS) is 10.3. The van der Waals surface area contributed by atoms with Crippen LogP contribution in [0.1, 0.15) is 11.4 Å². The highest BCUT2D eigenvalue weighted by Crippen LogP contribution is 2.24. The number of benzene rings is 1. The number of nitrogens with zero attached hydrogens (tertiary/aromatic N) is 1. The predicted octanol–water partition coefficient (Wildman–Crippen LogP) is 2.77. The molecule has 2 N–H and O–H groups in total. The molecule has 2 aromatic rings. The molecule has 106 valence electrons. The number of carbonyl (C=O) groups excluding carboxylic acids is 1. The molecule has 2 rings (SSSR count). The van der Waals surface area contributed by atoms with Crippen molar-refractivity contribution in [3.8, 4) is 5.75 Å². The van der Waals surface area contributed by atoms with Crippen molar-refractivity contribution in [3.05, 3.63) is 35.7 Å². The van der Waals surface area contributed by atoms with Crippen LogP contribution in [0, 0.1) is 13.8 Å². The Morgan fingerprint density at radius 3 is 2.90 bits per heavy atom. The Balaban J connectivity index is 1.92. The maximum Gasteiger partial charge on any atom is 0.234 e. The maximum absolute atomic E-state index is 11.9. The van der Waals surface area contributed by atoms with Crippen LogP contribution in [0.3, 0.4) is 0 Å². The van der Waals surface area contributed by atoms with Gasteiger partial charge in [-0.15, -0.1) is 11.8 Å². The second-order valence-corrected chi connectivity index (χ2v) is 5.32. The lowest BCUT2D eigenvalue weighted by molar-refractivity contribution is -0.113. The topological polar surface area (TPSA) is 67.0 Å². The van der Waals surface area contributed by atoms with E-state index >= 15 is 0 Å². The minimum absolute atomic E-state index is 0.0525. The molecule has 20 heavy (non-hydrogen) atoms. The summed E-state index contributed by atoms with van der Waals surface area (Å²) < 4.78 is 5.12. The molecule has 0 fully saturated rings. The molecule has 0 radical (unpaired) electrons. The van der Waals surface area contributed by atoms with Gasteiger partial charge in [0.25, 0.3) is 0 Å². The molecule has 0 saturated heterocycles. The highest BCUT2D eigenvalue weighted by Gasteiger charge is 2.10. The molecular formula is C14H17N3O2S. The number of ether oxygens (including phenoxy) is 1. The molecule has 0 unspecified atom stereocenters. The van der Waals surface area contributed by atoms with Crippen molar-refractivity contribution >= 4 is 23.4 Å². The predicted molar refractivity (Wildman–Crippen MR) is 80.4 cm³/mol. The summed E-state index contributed by atoms with van der Waals surface area (Å²) in [6.45, 7) is 3.87. The molecule has 0 saturated carbocycles. The Labute approximate surface area is 122 Å². The number of amides is 1. The van der Waals surface area contributed by atoms with Gasteiger partial charge >= 0.3 is 0 Å². The van der Waals surface area contributed by atoms with Crippen LogP contribution in [0.25, 0.3) is 0 Å². The Morgan fingerprint density at radius 1 is 1.45 bits per heavy atom. The zero-order valence-electron chi connectivity index (χ0n) is 11.7. The van der Waals surface area contributed by atoms with Crippen molar-refractivity contribution in [2.75, 3.05) is 18.2 Å². The van der Waals surface area contributed by atoms with E-state index in [1.165, 1.54) is 11.8 Å². The van der Waals surface area contributed by atoms with Crippen LogP contribution in [-0.4, -0.2) is 29.0 Å². The Kier molecular flexibility index (Phi) is 4.68. The standard InChI is InChI=1S/C14H17N3O2S/c1-9-14(10(2)17-16-9)20-8-13(18)15-11-5-4-6-12(7-11)19-3/h4-7H,8H2,1-3H3,(H,15,18)(H,16,17). The summed E-state index contributed by atoms with van der Waals surface area (Å²) in [5.41, 5.74) is 2.64. The van der Waals surface area contributed by atoms with Crippen LogP contribution >= 0.6 is 11.8 Å². The smallest absolute Gasteiger partial charge is 0.234 e. The number of aromatic amines is 1. The van der Waals surface area contributed by atoms with Gasteiger partial charge < -0.3 is 10.1 Å². The van der Waals surface area contributed by atoms with E-state index in [1.807, 2.05) is 32.0 Å². The summed E-state index contributed by atoms with van der Waals surface area (Å²) in [4.78, 5) is 13.0. The summed E-state index contributed by atoms with van der Waals surface area (Å²) >= 11 is 1.48. The Bertz CT molecular complexity index is 591. The number of hydrogen-bond acceptors (Lipinski definition) is 4. The highest BCUT2D eigenvalue weighted by atomic mass is 32.2. The lowest BCUT2D eigenvalue weighted by Gasteiger charge is -2.07. The number of aryl methyl sites for hydroxylation is 2. The van der Waals surface area contributed by atoms with E-state index in [0.717, 1.165) is 27.7 Å². The number of aromatic nitrogens is 2. The van der Waals surface area contributed by atoms with Crippen molar-refractivity contribution in [1.82, 2.24) is 10.2 Å². The quantitative estimate of drug-likeness (QED) is 0.831. The van der Waals surface area contributed by atoms with Gasteiger partial charge in [-0.25, -0.2) is 0 Å². The Hall–Kier alpha value is -1.95. The monoisotopic (exact) mass is 291 g/mol. The summed E-state index contributed by atoms with van der Waals surface area (Å²) in [6.07, 6.45) is 0. The number of thioether (sulfide) groups is 1. The molecule has 0 spiro atoms. The number of rotatable bonds is 5. The summed E-state index contributed by atoms with van der Waals surface area (Å²) in [6, 6.07) is 7.30. The zero-order chi connectivity index (χ0) is 14.5. The number of hydrogen-bond donors (Lipinski definition) is 2. The van der Waals surface area contributed by atoms with Crippen molar-refractivity contribution < 1.29 is 9.53 Å². The van der Waals surface area contributed by atoms with Gasteiger partial charge in [0, 0.05) is 17.4 Å². The van der Waals surface area contributed by atoms with Crippen LogP contribution in [0.5, 0.6) is 5.75 Å². The first-order valence-electron chi connectivity index (χ1n) is 6.18. The third kappa shape index (κ3) is 3.54. The molecule has 0 aliphatic rings. The van der Waals surface area contributed by atoms with Gasteiger partial charge in [0.15, 0.2) is 0 Å². The van der Waals surface area contributed by atoms with Crippen LogP contribution in [0.2, 0.25) is 0 Å². The second-order valence-electron chi connectivity index (χ2n) is 4.33. The van der Waals surface area contributed by atoms with Gasteiger partial charge in [-0.2, -0.15) is 5.10 Å². The van der Waals surface area contributed by atoms with Gasteiger partial charge in [-0.3, -0.25) is 9.89 Å². The fraction of sp³-hybridized carbons (Fsp3) is 0.286. The second kappa shape index (κ2) is 6.47. The third-order valence-electron chi connectivity index (χ3n) is 2.76. The molecule has 1 aromatic carbocycles. The molecule has 1 heterocycles. The summed E-state index contributed by atoms with van der Waals surface area (Å²) in [7, 11) is 1.60. The first kappa shape index (κ1) is 14.5. The van der Waals surface area contributed by atoms with E-state index in [-0.39, 0.29) is 5.91 Å². The molecular weight excluding hydrogens is 274 g/mol. The van der Waals surface area contributed by atoms with E-state index in [0.29, 0.717) is 5.75 Å². The van der Waals surface area contributed by atoms with Crippen LogP contribution in [-0.2, 0) is 4.79 Å². The van der Waals surface area contributed by atoms with E-state index in [2.05, 4.69) is 15.5 Å². The number of anilines is 1. The van der Waals surface area contributed by atoms with Crippen molar-refractivity contribution in [1.29, 1.82) is 0 Å². The lowest BCUT2D eigenvalue weighted by atomic mass is 10.3. The largest absolute Gasteiger partial charge is 0.497 e. The number of H-pyrrole nitrogens is 1. The van der Waals surface area contributed by atoms with E-state index in [9.17, 15) is 4.79 Å².